The van der Waals surface area contributed by atoms with Crippen LogP contribution in [0.1, 0.15) is 25.6 Å². The monoisotopic (exact) mass is 239 g/mol. The SMILES string of the molecule is COC(C)CCc1nc(N2CCC(N)C2)n[nH]1. The van der Waals surface area contributed by atoms with E-state index in [1.165, 1.54) is 0 Å². The number of anilines is 1. The van der Waals surface area contributed by atoms with Crippen molar-refractivity contribution in [1.29, 1.82) is 0 Å². The predicted molar refractivity (Wildman–Crippen MR) is 66.0 cm³/mol. The number of nitrogens with zero attached hydrogens (tertiary/aromatic N) is 3. The zero-order chi connectivity index (χ0) is 12.3. The lowest BCUT2D eigenvalue weighted by Gasteiger charge is -2.11. The number of hydrogen-bond donors (Lipinski definition) is 2. The molecule has 1 aromatic rings. The third-order valence-corrected chi connectivity index (χ3v) is 3.22. The molecular weight excluding hydrogens is 218 g/mol. The van der Waals surface area contributed by atoms with E-state index in [1.807, 2.05) is 0 Å². The van der Waals surface area contributed by atoms with E-state index in [1.54, 1.807) is 7.11 Å². The number of methoxy groups -OCH3 is 1. The molecule has 17 heavy (non-hydrogen) atoms. The van der Waals surface area contributed by atoms with Crippen LogP contribution in [0.2, 0.25) is 0 Å². The highest BCUT2D eigenvalue weighted by atomic mass is 16.5. The molecule has 96 valence electrons. The lowest BCUT2D eigenvalue weighted by molar-refractivity contribution is 0.111. The van der Waals surface area contributed by atoms with Crippen LogP contribution in [-0.2, 0) is 11.2 Å². The summed E-state index contributed by atoms with van der Waals surface area (Å²) in [5.41, 5.74) is 5.86. The van der Waals surface area contributed by atoms with E-state index in [2.05, 4.69) is 27.0 Å². The summed E-state index contributed by atoms with van der Waals surface area (Å²) in [5, 5.41) is 7.21. The Morgan fingerprint density at radius 1 is 1.65 bits per heavy atom. The second-order valence-electron chi connectivity index (χ2n) is 4.66. The topological polar surface area (TPSA) is 80.1 Å². The number of aryl methyl sites for hydroxylation is 1. The van der Waals surface area contributed by atoms with Gasteiger partial charge in [-0.2, -0.15) is 4.98 Å². The maximum atomic E-state index is 5.86. The Morgan fingerprint density at radius 2 is 2.47 bits per heavy atom. The molecule has 2 unspecified atom stereocenters. The first-order valence-electron chi connectivity index (χ1n) is 6.13. The average molecular weight is 239 g/mol. The van der Waals surface area contributed by atoms with Gasteiger partial charge in [0.2, 0.25) is 5.95 Å². The van der Waals surface area contributed by atoms with Gasteiger partial charge in [-0.25, -0.2) is 0 Å². The Labute approximate surface area is 102 Å². The Kier molecular flexibility index (Phi) is 3.96. The second-order valence-corrected chi connectivity index (χ2v) is 4.66. The molecule has 0 aromatic carbocycles. The van der Waals surface area contributed by atoms with Crippen LogP contribution in [-0.4, -0.2) is 47.5 Å². The number of nitrogens with two attached hydrogens (primary N) is 1. The summed E-state index contributed by atoms with van der Waals surface area (Å²) >= 11 is 0. The first-order chi connectivity index (χ1) is 8.19. The largest absolute Gasteiger partial charge is 0.382 e. The van der Waals surface area contributed by atoms with E-state index in [-0.39, 0.29) is 12.1 Å². The zero-order valence-corrected chi connectivity index (χ0v) is 10.5. The lowest BCUT2D eigenvalue weighted by Crippen LogP contribution is -2.27. The molecule has 1 aliphatic rings. The molecule has 1 saturated heterocycles. The predicted octanol–water partition coefficient (Wildman–Crippen LogP) is 0.310. The molecule has 6 nitrogen and oxygen atoms in total. The number of hydrogen-bond acceptors (Lipinski definition) is 5. The average Bonchev–Trinajstić information content (AvgIpc) is 2.94. The van der Waals surface area contributed by atoms with Crippen molar-refractivity contribution >= 4 is 5.95 Å². The minimum absolute atomic E-state index is 0.253. The van der Waals surface area contributed by atoms with Crippen LogP contribution in [0.25, 0.3) is 0 Å². The summed E-state index contributed by atoms with van der Waals surface area (Å²) < 4.78 is 5.20. The van der Waals surface area contributed by atoms with Gasteiger partial charge in [-0.1, -0.05) is 0 Å². The van der Waals surface area contributed by atoms with Crippen molar-refractivity contribution in [3.63, 3.8) is 0 Å². The first-order valence-corrected chi connectivity index (χ1v) is 6.13. The Hall–Kier alpha value is -1.14. The van der Waals surface area contributed by atoms with Gasteiger partial charge in [0.05, 0.1) is 6.10 Å². The van der Waals surface area contributed by atoms with E-state index in [0.717, 1.165) is 44.1 Å². The Balaban J connectivity index is 1.87. The van der Waals surface area contributed by atoms with Gasteiger partial charge < -0.3 is 15.4 Å². The third kappa shape index (κ3) is 3.17. The summed E-state index contributed by atoms with van der Waals surface area (Å²) in [5.74, 6) is 1.70. The number of rotatable bonds is 5. The van der Waals surface area contributed by atoms with E-state index in [9.17, 15) is 0 Å². The zero-order valence-electron chi connectivity index (χ0n) is 10.5. The Bertz CT molecular complexity index is 353. The van der Waals surface area contributed by atoms with Crippen molar-refractivity contribution < 1.29 is 4.74 Å². The smallest absolute Gasteiger partial charge is 0.244 e. The van der Waals surface area contributed by atoms with Gasteiger partial charge in [-0.15, -0.1) is 5.10 Å². The van der Waals surface area contributed by atoms with Crippen LogP contribution in [0.5, 0.6) is 0 Å². The molecule has 1 aliphatic heterocycles. The summed E-state index contributed by atoms with van der Waals surface area (Å²) in [4.78, 5) is 6.61. The van der Waals surface area contributed by atoms with Crippen molar-refractivity contribution in [2.24, 2.45) is 5.73 Å². The minimum Gasteiger partial charge on any atom is -0.382 e. The maximum Gasteiger partial charge on any atom is 0.244 e. The highest BCUT2D eigenvalue weighted by Gasteiger charge is 2.22. The quantitative estimate of drug-likeness (QED) is 0.773. The fourth-order valence-electron chi connectivity index (χ4n) is 1.97. The standard InChI is InChI=1S/C11H21N5O/c1-8(17-2)3-4-10-13-11(15-14-10)16-6-5-9(12)7-16/h8-9H,3-7,12H2,1-2H3,(H,13,14,15). The second kappa shape index (κ2) is 5.46. The minimum atomic E-state index is 0.253. The summed E-state index contributed by atoms with van der Waals surface area (Å²) in [6, 6.07) is 0.255. The molecule has 0 aliphatic carbocycles. The molecule has 0 bridgehead atoms. The van der Waals surface area contributed by atoms with Gasteiger partial charge >= 0.3 is 0 Å². The normalized spacial score (nSPS) is 22.1. The van der Waals surface area contributed by atoms with Crippen LogP contribution >= 0.6 is 0 Å². The van der Waals surface area contributed by atoms with Crippen molar-refractivity contribution in [3.8, 4) is 0 Å². The number of nitrogens with one attached hydrogen (secondary N) is 1. The van der Waals surface area contributed by atoms with E-state index < -0.39 is 0 Å². The summed E-state index contributed by atoms with van der Waals surface area (Å²) in [6.45, 7) is 3.86. The molecule has 2 rings (SSSR count). The van der Waals surface area contributed by atoms with Gasteiger partial charge in [-0.05, 0) is 19.8 Å². The molecule has 0 spiro atoms. The molecule has 2 atom stereocenters. The number of aromatic amines is 1. The van der Waals surface area contributed by atoms with Crippen LogP contribution in [0.3, 0.4) is 0 Å². The van der Waals surface area contributed by atoms with E-state index in [0.29, 0.717) is 0 Å². The van der Waals surface area contributed by atoms with Gasteiger partial charge in [-0.3, -0.25) is 5.10 Å². The molecule has 0 radical (unpaired) electrons. The molecule has 2 heterocycles. The molecule has 1 fully saturated rings. The van der Waals surface area contributed by atoms with Crippen molar-refractivity contribution in [1.82, 2.24) is 15.2 Å². The van der Waals surface area contributed by atoms with Gasteiger partial charge in [0.25, 0.3) is 0 Å². The van der Waals surface area contributed by atoms with Gasteiger partial charge in [0.1, 0.15) is 5.82 Å². The van der Waals surface area contributed by atoms with Crippen molar-refractivity contribution in [3.05, 3.63) is 5.82 Å². The summed E-state index contributed by atoms with van der Waals surface area (Å²) in [6.07, 6.45) is 3.08. The molecular formula is C11H21N5O. The lowest BCUT2D eigenvalue weighted by atomic mass is 10.2. The van der Waals surface area contributed by atoms with Crippen LogP contribution < -0.4 is 10.6 Å². The van der Waals surface area contributed by atoms with Gasteiger partial charge in [0, 0.05) is 32.7 Å². The Morgan fingerprint density at radius 3 is 3.12 bits per heavy atom. The first kappa shape index (κ1) is 12.3. The van der Waals surface area contributed by atoms with E-state index >= 15 is 0 Å². The van der Waals surface area contributed by atoms with Crippen LogP contribution in [0.15, 0.2) is 0 Å². The van der Waals surface area contributed by atoms with Crippen LogP contribution in [0, 0.1) is 0 Å². The maximum absolute atomic E-state index is 5.86. The van der Waals surface area contributed by atoms with Crippen molar-refractivity contribution in [2.45, 2.75) is 38.3 Å². The fourth-order valence-corrected chi connectivity index (χ4v) is 1.97. The fraction of sp³-hybridized carbons (Fsp3) is 0.818. The molecule has 0 saturated carbocycles. The molecule has 6 heteroatoms. The van der Waals surface area contributed by atoms with E-state index in [4.69, 9.17) is 10.5 Å². The van der Waals surface area contributed by atoms with Gasteiger partial charge in [0.15, 0.2) is 0 Å². The molecule has 0 amide bonds. The molecule has 3 N–H and O–H groups in total. The number of ether oxygens (including phenoxy) is 1. The third-order valence-electron chi connectivity index (χ3n) is 3.22. The highest BCUT2D eigenvalue weighted by molar-refractivity contribution is 5.31. The number of aromatic nitrogens is 3. The highest BCUT2D eigenvalue weighted by Crippen LogP contribution is 2.15. The number of H-pyrrole nitrogens is 1. The molecule has 1 aromatic heterocycles. The van der Waals surface area contributed by atoms with Crippen molar-refractivity contribution in [2.75, 3.05) is 25.1 Å². The summed E-state index contributed by atoms with van der Waals surface area (Å²) in [7, 11) is 1.72. The van der Waals surface area contributed by atoms with Crippen LogP contribution in [0.4, 0.5) is 5.95 Å².